The summed E-state index contributed by atoms with van der Waals surface area (Å²) in [5.41, 5.74) is 6.61. The SMILES string of the molecule is Cc1ccc(-n2nc(C)c(CC(=O)N3CCN(Cc4ccc(C#N)cc4)CC3)c2C)cc1Cl. The molecule has 170 valence electrons. The van der Waals surface area contributed by atoms with Crippen LogP contribution < -0.4 is 0 Å². The van der Waals surface area contributed by atoms with Gasteiger partial charge >= 0.3 is 0 Å². The van der Waals surface area contributed by atoms with Gasteiger partial charge in [-0.25, -0.2) is 4.68 Å². The Morgan fingerprint density at radius 2 is 1.76 bits per heavy atom. The third-order valence-electron chi connectivity index (χ3n) is 6.38. The summed E-state index contributed by atoms with van der Waals surface area (Å²) in [5, 5.41) is 14.3. The first-order chi connectivity index (χ1) is 15.9. The van der Waals surface area contributed by atoms with Crippen LogP contribution in [-0.4, -0.2) is 51.7 Å². The minimum atomic E-state index is 0.140. The first-order valence-corrected chi connectivity index (χ1v) is 11.5. The molecule has 1 amide bonds. The monoisotopic (exact) mass is 461 g/mol. The maximum Gasteiger partial charge on any atom is 0.227 e. The number of hydrogen-bond acceptors (Lipinski definition) is 4. The lowest BCUT2D eigenvalue weighted by atomic mass is 10.1. The highest BCUT2D eigenvalue weighted by Gasteiger charge is 2.24. The van der Waals surface area contributed by atoms with Gasteiger partial charge in [0.2, 0.25) is 5.91 Å². The van der Waals surface area contributed by atoms with Crippen molar-refractivity contribution in [3.63, 3.8) is 0 Å². The number of carbonyl (C=O) groups is 1. The van der Waals surface area contributed by atoms with Gasteiger partial charge < -0.3 is 4.90 Å². The minimum absolute atomic E-state index is 0.140. The lowest BCUT2D eigenvalue weighted by Crippen LogP contribution is -2.48. The van der Waals surface area contributed by atoms with E-state index in [1.165, 1.54) is 5.56 Å². The second-order valence-corrected chi connectivity index (χ2v) is 9.04. The summed E-state index contributed by atoms with van der Waals surface area (Å²) in [6.45, 7) is 9.88. The number of aryl methyl sites for hydroxylation is 2. The summed E-state index contributed by atoms with van der Waals surface area (Å²) in [6, 6.07) is 15.7. The Balaban J connectivity index is 1.37. The van der Waals surface area contributed by atoms with Gasteiger partial charge in [0.25, 0.3) is 0 Å². The molecule has 33 heavy (non-hydrogen) atoms. The standard InChI is InChI=1S/C26H28ClN5O/c1-18-4-9-23(14-25(18)27)32-20(3)24(19(2)29-32)15-26(33)31-12-10-30(11-13-31)17-22-7-5-21(16-28)6-8-22/h4-9,14H,10-13,15,17H2,1-3H3. The van der Waals surface area contributed by atoms with Gasteiger partial charge in [0, 0.05) is 49.0 Å². The fourth-order valence-electron chi connectivity index (χ4n) is 4.26. The van der Waals surface area contributed by atoms with E-state index in [1.807, 2.05) is 72.8 Å². The van der Waals surface area contributed by atoms with Crippen molar-refractivity contribution in [2.75, 3.05) is 26.2 Å². The van der Waals surface area contributed by atoms with Crippen molar-refractivity contribution in [2.24, 2.45) is 0 Å². The number of rotatable bonds is 5. The van der Waals surface area contributed by atoms with Crippen molar-refractivity contribution < 1.29 is 4.79 Å². The van der Waals surface area contributed by atoms with Crippen LogP contribution in [0, 0.1) is 32.1 Å². The maximum atomic E-state index is 13.1. The molecule has 0 atom stereocenters. The van der Waals surface area contributed by atoms with E-state index in [-0.39, 0.29) is 5.91 Å². The van der Waals surface area contributed by atoms with Gasteiger partial charge in [-0.05, 0) is 56.2 Å². The average molecular weight is 462 g/mol. The van der Waals surface area contributed by atoms with E-state index < -0.39 is 0 Å². The highest BCUT2D eigenvalue weighted by Crippen LogP contribution is 2.23. The molecule has 4 rings (SSSR count). The lowest BCUT2D eigenvalue weighted by molar-refractivity contribution is -0.132. The van der Waals surface area contributed by atoms with E-state index in [0.717, 1.165) is 60.9 Å². The molecule has 0 saturated carbocycles. The van der Waals surface area contributed by atoms with E-state index in [9.17, 15) is 4.79 Å². The van der Waals surface area contributed by atoms with Crippen LogP contribution in [-0.2, 0) is 17.8 Å². The lowest BCUT2D eigenvalue weighted by Gasteiger charge is -2.35. The Labute approximate surface area is 200 Å². The molecule has 6 nitrogen and oxygen atoms in total. The van der Waals surface area contributed by atoms with Gasteiger partial charge in [0.1, 0.15) is 0 Å². The molecule has 0 unspecified atom stereocenters. The number of amides is 1. The summed E-state index contributed by atoms with van der Waals surface area (Å²) in [6.07, 6.45) is 0.354. The molecule has 1 aliphatic rings. The second kappa shape index (κ2) is 9.78. The van der Waals surface area contributed by atoms with Crippen molar-refractivity contribution in [3.8, 4) is 11.8 Å². The zero-order valence-electron chi connectivity index (χ0n) is 19.3. The van der Waals surface area contributed by atoms with Gasteiger partial charge in [0.15, 0.2) is 0 Å². The third-order valence-corrected chi connectivity index (χ3v) is 6.79. The first kappa shape index (κ1) is 23.0. The Kier molecular flexibility index (Phi) is 6.83. The van der Waals surface area contributed by atoms with Crippen molar-refractivity contribution in [1.82, 2.24) is 19.6 Å². The van der Waals surface area contributed by atoms with Crippen LogP contribution in [0.4, 0.5) is 0 Å². The average Bonchev–Trinajstić information content (AvgIpc) is 3.10. The highest BCUT2D eigenvalue weighted by atomic mass is 35.5. The maximum absolute atomic E-state index is 13.1. The van der Waals surface area contributed by atoms with Crippen molar-refractivity contribution in [2.45, 2.75) is 33.7 Å². The molecule has 2 aromatic carbocycles. The van der Waals surface area contributed by atoms with Crippen LogP contribution in [0.3, 0.4) is 0 Å². The topological polar surface area (TPSA) is 65.2 Å². The number of piperazine rings is 1. The summed E-state index contributed by atoms with van der Waals surface area (Å²) in [7, 11) is 0. The summed E-state index contributed by atoms with van der Waals surface area (Å²) >= 11 is 6.31. The zero-order chi connectivity index (χ0) is 23.5. The van der Waals surface area contributed by atoms with E-state index in [1.54, 1.807) is 0 Å². The largest absolute Gasteiger partial charge is 0.340 e. The molecular weight excluding hydrogens is 434 g/mol. The quantitative estimate of drug-likeness (QED) is 0.571. The number of aromatic nitrogens is 2. The zero-order valence-corrected chi connectivity index (χ0v) is 20.1. The highest BCUT2D eigenvalue weighted by molar-refractivity contribution is 6.31. The van der Waals surface area contributed by atoms with Crippen LogP contribution in [0.1, 0.15) is 33.6 Å². The molecule has 0 bridgehead atoms. The van der Waals surface area contributed by atoms with Gasteiger partial charge in [-0.1, -0.05) is 29.8 Å². The molecule has 0 spiro atoms. The number of carbonyl (C=O) groups excluding carboxylic acids is 1. The van der Waals surface area contributed by atoms with Crippen molar-refractivity contribution in [1.29, 1.82) is 5.26 Å². The van der Waals surface area contributed by atoms with Crippen molar-refractivity contribution in [3.05, 3.63) is 81.1 Å². The number of nitrogens with zero attached hydrogens (tertiary/aromatic N) is 5. The summed E-state index contributed by atoms with van der Waals surface area (Å²) in [5.74, 6) is 0.140. The number of nitriles is 1. The molecule has 0 radical (unpaired) electrons. The number of benzene rings is 2. The van der Waals surface area contributed by atoms with Gasteiger partial charge in [-0.15, -0.1) is 0 Å². The molecule has 2 heterocycles. The Bertz CT molecular complexity index is 1200. The fourth-order valence-corrected chi connectivity index (χ4v) is 4.43. The van der Waals surface area contributed by atoms with Crippen LogP contribution >= 0.6 is 11.6 Å². The Morgan fingerprint density at radius 1 is 1.06 bits per heavy atom. The molecule has 7 heteroatoms. The van der Waals surface area contributed by atoms with E-state index >= 15 is 0 Å². The molecule has 0 N–H and O–H groups in total. The molecule has 1 fully saturated rings. The minimum Gasteiger partial charge on any atom is -0.340 e. The van der Waals surface area contributed by atoms with Gasteiger partial charge in [-0.3, -0.25) is 9.69 Å². The predicted octanol–water partition coefficient (Wildman–Crippen LogP) is 4.21. The summed E-state index contributed by atoms with van der Waals surface area (Å²) in [4.78, 5) is 17.4. The normalized spacial score (nSPS) is 14.3. The van der Waals surface area contributed by atoms with Crippen molar-refractivity contribution >= 4 is 17.5 Å². The predicted molar refractivity (Wildman–Crippen MR) is 130 cm³/mol. The Hall–Kier alpha value is -3.14. The summed E-state index contributed by atoms with van der Waals surface area (Å²) < 4.78 is 1.87. The molecule has 1 saturated heterocycles. The second-order valence-electron chi connectivity index (χ2n) is 8.64. The van der Waals surface area contributed by atoms with Crippen LogP contribution in [0.25, 0.3) is 5.69 Å². The Morgan fingerprint density at radius 3 is 2.39 bits per heavy atom. The first-order valence-electron chi connectivity index (χ1n) is 11.2. The van der Waals surface area contributed by atoms with Crippen LogP contribution in [0.15, 0.2) is 42.5 Å². The van der Waals surface area contributed by atoms with E-state index in [2.05, 4.69) is 16.1 Å². The molecule has 0 aliphatic carbocycles. The third kappa shape index (κ3) is 5.11. The van der Waals surface area contributed by atoms with Gasteiger partial charge in [0.05, 0.1) is 29.4 Å². The molecule has 1 aromatic heterocycles. The molecular formula is C26H28ClN5O. The molecule has 1 aliphatic heterocycles. The van der Waals surface area contributed by atoms with Gasteiger partial charge in [-0.2, -0.15) is 10.4 Å². The smallest absolute Gasteiger partial charge is 0.227 e. The molecule has 3 aromatic rings. The number of hydrogen-bond donors (Lipinski definition) is 0. The van der Waals surface area contributed by atoms with Crippen LogP contribution in [0.5, 0.6) is 0 Å². The fraction of sp³-hybridized carbons (Fsp3) is 0.346. The van der Waals surface area contributed by atoms with Crippen LogP contribution in [0.2, 0.25) is 5.02 Å². The number of halogens is 1. The van der Waals surface area contributed by atoms with E-state index in [4.69, 9.17) is 16.9 Å². The van der Waals surface area contributed by atoms with E-state index in [0.29, 0.717) is 17.0 Å².